The molecule has 25 heavy (non-hydrogen) atoms. The molecule has 0 saturated heterocycles. The molecule has 0 fully saturated rings. The van der Waals surface area contributed by atoms with E-state index in [1.807, 2.05) is 55.5 Å². The molecule has 4 rings (SSSR count). The quantitative estimate of drug-likeness (QED) is 0.598. The smallest absolute Gasteiger partial charge is 0.230 e. The average Bonchev–Trinajstić information content (AvgIpc) is 3.22. The number of rotatable bonds is 4. The van der Waals surface area contributed by atoms with Gasteiger partial charge in [-0.3, -0.25) is 9.89 Å². The van der Waals surface area contributed by atoms with E-state index in [0.29, 0.717) is 22.8 Å². The van der Waals surface area contributed by atoms with Gasteiger partial charge in [0.25, 0.3) is 0 Å². The fraction of sp³-hybridized carbons (Fsp3) is 0.111. The van der Waals surface area contributed by atoms with E-state index in [-0.39, 0.29) is 12.3 Å². The van der Waals surface area contributed by atoms with Gasteiger partial charge in [0.2, 0.25) is 5.91 Å². The maximum Gasteiger partial charge on any atom is 0.230 e. The van der Waals surface area contributed by atoms with E-state index < -0.39 is 0 Å². The molecule has 4 aromatic rings. The number of hydrogen-bond acceptors (Lipinski definition) is 5. The van der Waals surface area contributed by atoms with E-state index in [1.165, 1.54) is 0 Å². The third-order valence-corrected chi connectivity index (χ3v) is 3.80. The Labute approximate surface area is 143 Å². The second-order valence-corrected chi connectivity index (χ2v) is 5.67. The number of carbonyl (C=O) groups is 1. The van der Waals surface area contributed by atoms with Gasteiger partial charge in [0.1, 0.15) is 11.5 Å². The largest absolute Gasteiger partial charge is 0.356 e. The van der Waals surface area contributed by atoms with Gasteiger partial charge in [-0.2, -0.15) is 5.10 Å². The van der Waals surface area contributed by atoms with E-state index in [4.69, 9.17) is 4.52 Å². The lowest BCUT2D eigenvalue weighted by Gasteiger charge is -2.04. The lowest BCUT2D eigenvalue weighted by molar-refractivity contribution is -0.115. The molecule has 0 atom stereocenters. The van der Waals surface area contributed by atoms with Crippen LogP contribution in [0.15, 0.2) is 53.1 Å². The Morgan fingerprint density at radius 3 is 2.72 bits per heavy atom. The molecule has 2 N–H and O–H groups in total. The monoisotopic (exact) mass is 333 g/mol. The van der Waals surface area contributed by atoms with Crippen LogP contribution in [0.1, 0.15) is 11.5 Å². The van der Waals surface area contributed by atoms with E-state index in [1.54, 1.807) is 0 Å². The number of nitrogens with zero attached hydrogens (tertiary/aromatic N) is 3. The molecule has 1 amide bonds. The summed E-state index contributed by atoms with van der Waals surface area (Å²) in [7, 11) is 0. The van der Waals surface area contributed by atoms with Gasteiger partial charge in [-0.25, -0.2) is 4.98 Å². The Bertz CT molecular complexity index is 1030. The highest BCUT2D eigenvalue weighted by Crippen LogP contribution is 2.20. The fourth-order valence-corrected chi connectivity index (χ4v) is 2.60. The molecule has 0 aliphatic rings. The SMILES string of the molecule is Cc1nc(-c2ccc(NC(=O)Cc3noc4ccccc34)cc2)n[nH]1. The number of aromatic nitrogens is 4. The van der Waals surface area contributed by atoms with Crippen LogP contribution in [0, 0.1) is 6.92 Å². The first-order valence-electron chi connectivity index (χ1n) is 7.81. The van der Waals surface area contributed by atoms with Gasteiger partial charge in [-0.1, -0.05) is 17.3 Å². The van der Waals surface area contributed by atoms with E-state index >= 15 is 0 Å². The third kappa shape index (κ3) is 3.12. The van der Waals surface area contributed by atoms with Crippen LogP contribution in [0.2, 0.25) is 0 Å². The second kappa shape index (κ2) is 6.20. The van der Waals surface area contributed by atoms with Crippen LogP contribution in [0.3, 0.4) is 0 Å². The van der Waals surface area contributed by atoms with Crippen molar-refractivity contribution in [2.75, 3.05) is 5.32 Å². The first-order chi connectivity index (χ1) is 12.2. The number of para-hydroxylation sites is 1. The van der Waals surface area contributed by atoms with Crippen LogP contribution in [-0.4, -0.2) is 26.2 Å². The number of aryl methyl sites for hydroxylation is 1. The van der Waals surface area contributed by atoms with Gasteiger partial charge < -0.3 is 9.84 Å². The molecular formula is C18H15N5O2. The maximum absolute atomic E-state index is 12.3. The highest BCUT2D eigenvalue weighted by Gasteiger charge is 2.12. The predicted molar refractivity (Wildman–Crippen MR) is 92.9 cm³/mol. The van der Waals surface area contributed by atoms with Crippen molar-refractivity contribution in [3.63, 3.8) is 0 Å². The Balaban J connectivity index is 1.45. The predicted octanol–water partition coefficient (Wildman–Crippen LogP) is 3.10. The summed E-state index contributed by atoms with van der Waals surface area (Å²) in [5.41, 5.74) is 2.89. The van der Waals surface area contributed by atoms with Crippen LogP contribution >= 0.6 is 0 Å². The van der Waals surface area contributed by atoms with Crippen molar-refractivity contribution < 1.29 is 9.32 Å². The molecule has 7 heteroatoms. The number of aromatic amines is 1. The molecule has 2 heterocycles. The summed E-state index contributed by atoms with van der Waals surface area (Å²) in [6, 6.07) is 14.8. The molecule has 2 aromatic carbocycles. The van der Waals surface area contributed by atoms with E-state index in [0.717, 1.165) is 16.8 Å². The highest BCUT2D eigenvalue weighted by molar-refractivity contribution is 5.94. The highest BCUT2D eigenvalue weighted by atomic mass is 16.5. The molecule has 0 saturated carbocycles. The van der Waals surface area contributed by atoms with Crippen LogP contribution < -0.4 is 5.32 Å². The Morgan fingerprint density at radius 2 is 1.96 bits per heavy atom. The number of H-pyrrole nitrogens is 1. The zero-order valence-electron chi connectivity index (χ0n) is 13.5. The van der Waals surface area contributed by atoms with Gasteiger partial charge in [0.15, 0.2) is 11.4 Å². The maximum atomic E-state index is 12.3. The van der Waals surface area contributed by atoms with Crippen LogP contribution in [0.4, 0.5) is 5.69 Å². The summed E-state index contributed by atoms with van der Waals surface area (Å²) in [6.07, 6.45) is 0.152. The van der Waals surface area contributed by atoms with Crippen molar-refractivity contribution in [2.24, 2.45) is 0 Å². The first-order valence-corrected chi connectivity index (χ1v) is 7.81. The van der Waals surface area contributed by atoms with Crippen LogP contribution in [-0.2, 0) is 11.2 Å². The standard InChI is InChI=1S/C18H15N5O2/c1-11-19-18(22-21-11)12-6-8-13(9-7-12)20-17(24)10-15-14-4-2-3-5-16(14)25-23-15/h2-9H,10H2,1H3,(H,20,24)(H,19,21,22). The van der Waals surface area contributed by atoms with Crippen molar-refractivity contribution in [3.05, 3.63) is 60.0 Å². The zero-order valence-corrected chi connectivity index (χ0v) is 13.5. The lowest BCUT2D eigenvalue weighted by atomic mass is 10.1. The Kier molecular flexibility index (Phi) is 3.74. The van der Waals surface area contributed by atoms with E-state index in [9.17, 15) is 4.79 Å². The summed E-state index contributed by atoms with van der Waals surface area (Å²) in [5, 5.41) is 14.6. The van der Waals surface area contributed by atoms with Gasteiger partial charge >= 0.3 is 0 Å². The number of fused-ring (bicyclic) bond motifs is 1. The van der Waals surface area contributed by atoms with Gasteiger partial charge in [0.05, 0.1) is 6.42 Å². The van der Waals surface area contributed by atoms with Crippen LogP contribution in [0.5, 0.6) is 0 Å². The molecule has 0 aliphatic heterocycles. The van der Waals surface area contributed by atoms with Crippen molar-refractivity contribution in [1.82, 2.24) is 20.3 Å². The molecular weight excluding hydrogens is 318 g/mol. The van der Waals surface area contributed by atoms with Gasteiger partial charge in [0, 0.05) is 16.6 Å². The van der Waals surface area contributed by atoms with E-state index in [2.05, 4.69) is 25.7 Å². The van der Waals surface area contributed by atoms with Crippen molar-refractivity contribution in [2.45, 2.75) is 13.3 Å². The topological polar surface area (TPSA) is 96.7 Å². The minimum absolute atomic E-state index is 0.152. The fourth-order valence-electron chi connectivity index (χ4n) is 2.60. The summed E-state index contributed by atoms with van der Waals surface area (Å²) in [4.78, 5) is 16.5. The van der Waals surface area contributed by atoms with Crippen molar-refractivity contribution in [1.29, 1.82) is 0 Å². The van der Waals surface area contributed by atoms with Gasteiger partial charge in [-0.15, -0.1) is 0 Å². The Morgan fingerprint density at radius 1 is 1.16 bits per heavy atom. The number of amides is 1. The molecule has 124 valence electrons. The summed E-state index contributed by atoms with van der Waals surface area (Å²) >= 11 is 0. The van der Waals surface area contributed by atoms with Crippen molar-refractivity contribution >= 4 is 22.6 Å². The zero-order chi connectivity index (χ0) is 17.2. The first kappa shape index (κ1) is 15.1. The lowest BCUT2D eigenvalue weighted by Crippen LogP contribution is -2.14. The average molecular weight is 333 g/mol. The van der Waals surface area contributed by atoms with Crippen molar-refractivity contribution in [3.8, 4) is 11.4 Å². The molecule has 0 radical (unpaired) electrons. The minimum atomic E-state index is -0.152. The number of anilines is 1. The summed E-state index contributed by atoms with van der Waals surface area (Å²) < 4.78 is 5.22. The third-order valence-electron chi connectivity index (χ3n) is 3.80. The number of benzene rings is 2. The number of carbonyl (C=O) groups excluding carboxylic acids is 1. The number of nitrogens with one attached hydrogen (secondary N) is 2. The normalized spacial score (nSPS) is 10.9. The second-order valence-electron chi connectivity index (χ2n) is 5.67. The summed E-state index contributed by atoms with van der Waals surface area (Å²) in [5.74, 6) is 1.23. The molecule has 0 bridgehead atoms. The molecule has 7 nitrogen and oxygen atoms in total. The number of hydrogen-bond donors (Lipinski definition) is 2. The molecule has 0 spiro atoms. The van der Waals surface area contributed by atoms with Gasteiger partial charge in [-0.05, 0) is 43.3 Å². The molecule has 0 aliphatic carbocycles. The summed E-state index contributed by atoms with van der Waals surface area (Å²) in [6.45, 7) is 1.85. The van der Waals surface area contributed by atoms with Crippen LogP contribution in [0.25, 0.3) is 22.4 Å². The Hall–Kier alpha value is -3.48. The minimum Gasteiger partial charge on any atom is -0.356 e. The molecule has 0 unspecified atom stereocenters. The molecule has 2 aromatic heterocycles.